The molecule has 3 nitrogen and oxygen atoms in total. The number of ketones is 1. The molecule has 0 amide bonds. The zero-order chi connectivity index (χ0) is 14.5. The van der Waals surface area contributed by atoms with E-state index in [0.29, 0.717) is 25.2 Å². The maximum atomic E-state index is 12.0. The van der Waals surface area contributed by atoms with Crippen LogP contribution in [0.2, 0.25) is 0 Å². The first kappa shape index (κ1) is 13.6. The molecule has 21 heavy (non-hydrogen) atoms. The van der Waals surface area contributed by atoms with E-state index >= 15 is 0 Å². The SMILES string of the molecule is O=C1CCOC/C1=C\N(c1ccccc1)c1ccccc1. The lowest BCUT2D eigenvalue weighted by molar-refractivity contribution is -0.119. The molecule has 3 rings (SSSR count). The van der Waals surface area contributed by atoms with Gasteiger partial charge in [0.05, 0.1) is 13.2 Å². The Bertz CT molecular complexity index is 595. The number of carbonyl (C=O) groups excluding carboxylic acids is 1. The molecule has 1 saturated heterocycles. The third-order valence-corrected chi connectivity index (χ3v) is 3.44. The van der Waals surface area contributed by atoms with Gasteiger partial charge in [0.25, 0.3) is 0 Å². The van der Waals surface area contributed by atoms with Crippen molar-refractivity contribution in [2.24, 2.45) is 0 Å². The molecule has 0 bridgehead atoms. The number of hydrogen-bond acceptors (Lipinski definition) is 3. The summed E-state index contributed by atoms with van der Waals surface area (Å²) >= 11 is 0. The minimum absolute atomic E-state index is 0.165. The predicted octanol–water partition coefficient (Wildman–Crippen LogP) is 3.70. The van der Waals surface area contributed by atoms with Gasteiger partial charge in [0.15, 0.2) is 5.78 Å². The summed E-state index contributed by atoms with van der Waals surface area (Å²) in [5, 5.41) is 0. The molecule has 0 aromatic heterocycles. The van der Waals surface area contributed by atoms with Crippen molar-refractivity contribution in [2.45, 2.75) is 6.42 Å². The summed E-state index contributed by atoms with van der Waals surface area (Å²) in [7, 11) is 0. The van der Waals surface area contributed by atoms with Crippen LogP contribution >= 0.6 is 0 Å². The summed E-state index contributed by atoms with van der Waals surface area (Å²) in [5.74, 6) is 0.165. The summed E-state index contributed by atoms with van der Waals surface area (Å²) in [6, 6.07) is 20.0. The lowest BCUT2D eigenvalue weighted by Crippen LogP contribution is -2.21. The molecule has 106 valence electrons. The Balaban J connectivity index is 2.01. The number of Topliss-reactive ketones (excluding diaryl/α,β-unsaturated/α-hetero) is 1. The normalized spacial score (nSPS) is 17.0. The number of anilines is 2. The van der Waals surface area contributed by atoms with E-state index in [2.05, 4.69) is 0 Å². The van der Waals surface area contributed by atoms with Gasteiger partial charge >= 0.3 is 0 Å². The fourth-order valence-corrected chi connectivity index (χ4v) is 2.33. The zero-order valence-electron chi connectivity index (χ0n) is 11.7. The number of carbonyl (C=O) groups is 1. The van der Waals surface area contributed by atoms with Crippen LogP contribution in [0.15, 0.2) is 72.4 Å². The van der Waals surface area contributed by atoms with E-state index in [1.807, 2.05) is 71.8 Å². The molecule has 1 aliphatic heterocycles. The second-order valence-corrected chi connectivity index (χ2v) is 4.92. The van der Waals surface area contributed by atoms with Crippen LogP contribution in [0.3, 0.4) is 0 Å². The molecule has 0 spiro atoms. The van der Waals surface area contributed by atoms with Crippen LogP contribution in [-0.4, -0.2) is 19.0 Å². The molecule has 0 unspecified atom stereocenters. The predicted molar refractivity (Wildman–Crippen MR) is 83.5 cm³/mol. The standard InChI is InChI=1S/C18H17NO2/c20-18-11-12-21-14-15(18)13-19(16-7-3-1-4-8-16)17-9-5-2-6-10-17/h1-10,13H,11-12,14H2/b15-13+. The molecule has 0 N–H and O–H groups in total. The van der Waals surface area contributed by atoms with Crippen LogP contribution < -0.4 is 4.90 Å². The van der Waals surface area contributed by atoms with E-state index in [4.69, 9.17) is 4.74 Å². The van der Waals surface area contributed by atoms with E-state index in [0.717, 1.165) is 11.4 Å². The third kappa shape index (κ3) is 3.20. The Hall–Kier alpha value is -2.39. The van der Waals surface area contributed by atoms with Crippen LogP contribution in [0, 0.1) is 0 Å². The van der Waals surface area contributed by atoms with Gasteiger partial charge in [-0.1, -0.05) is 36.4 Å². The van der Waals surface area contributed by atoms with Crippen molar-refractivity contribution in [3.63, 3.8) is 0 Å². The zero-order valence-corrected chi connectivity index (χ0v) is 11.7. The average Bonchev–Trinajstić information content (AvgIpc) is 2.56. The number of ether oxygens (including phenoxy) is 1. The van der Waals surface area contributed by atoms with Crippen LogP contribution in [0.5, 0.6) is 0 Å². The van der Waals surface area contributed by atoms with Gasteiger partial charge in [0.1, 0.15) is 0 Å². The van der Waals surface area contributed by atoms with Crippen molar-refractivity contribution < 1.29 is 9.53 Å². The molecule has 1 aliphatic rings. The first-order valence-corrected chi connectivity index (χ1v) is 7.05. The van der Waals surface area contributed by atoms with Gasteiger partial charge in [-0.3, -0.25) is 4.79 Å². The Morgan fingerprint density at radius 2 is 1.48 bits per heavy atom. The molecular formula is C18H17NO2. The van der Waals surface area contributed by atoms with E-state index in [9.17, 15) is 4.79 Å². The second-order valence-electron chi connectivity index (χ2n) is 4.92. The van der Waals surface area contributed by atoms with E-state index in [1.54, 1.807) is 0 Å². The molecule has 0 saturated carbocycles. The molecule has 3 heteroatoms. The van der Waals surface area contributed by atoms with Crippen LogP contribution in [0.25, 0.3) is 0 Å². The quantitative estimate of drug-likeness (QED) is 0.802. The number of nitrogens with zero attached hydrogens (tertiary/aromatic N) is 1. The summed E-state index contributed by atoms with van der Waals surface area (Å²) in [6.07, 6.45) is 2.36. The summed E-state index contributed by atoms with van der Waals surface area (Å²) < 4.78 is 5.41. The maximum Gasteiger partial charge on any atom is 0.164 e. The molecule has 0 radical (unpaired) electrons. The number of benzene rings is 2. The lowest BCUT2D eigenvalue weighted by Gasteiger charge is -2.23. The van der Waals surface area contributed by atoms with Crippen molar-refractivity contribution in [2.75, 3.05) is 18.1 Å². The highest BCUT2D eigenvalue weighted by Crippen LogP contribution is 2.26. The minimum atomic E-state index is 0.165. The van der Waals surface area contributed by atoms with Gasteiger partial charge in [-0.15, -0.1) is 0 Å². The van der Waals surface area contributed by atoms with E-state index < -0.39 is 0 Å². The minimum Gasteiger partial charge on any atom is -0.376 e. The van der Waals surface area contributed by atoms with E-state index in [-0.39, 0.29) is 5.78 Å². The highest BCUT2D eigenvalue weighted by Gasteiger charge is 2.17. The van der Waals surface area contributed by atoms with Crippen molar-refractivity contribution in [1.82, 2.24) is 0 Å². The van der Waals surface area contributed by atoms with Gasteiger partial charge in [0.2, 0.25) is 0 Å². The molecule has 2 aromatic carbocycles. The van der Waals surface area contributed by atoms with Gasteiger partial charge in [-0.2, -0.15) is 0 Å². The van der Waals surface area contributed by atoms with Crippen LogP contribution in [0.1, 0.15) is 6.42 Å². The molecular weight excluding hydrogens is 262 g/mol. The number of rotatable bonds is 3. The first-order chi connectivity index (χ1) is 10.3. The third-order valence-electron chi connectivity index (χ3n) is 3.44. The monoisotopic (exact) mass is 279 g/mol. The Kier molecular flexibility index (Phi) is 4.12. The molecule has 0 aliphatic carbocycles. The van der Waals surface area contributed by atoms with Crippen molar-refractivity contribution in [3.05, 3.63) is 72.4 Å². The molecule has 2 aromatic rings. The Morgan fingerprint density at radius 1 is 0.905 bits per heavy atom. The van der Waals surface area contributed by atoms with Crippen LogP contribution in [-0.2, 0) is 9.53 Å². The van der Waals surface area contributed by atoms with Gasteiger partial charge in [0, 0.05) is 29.6 Å². The first-order valence-electron chi connectivity index (χ1n) is 7.05. The van der Waals surface area contributed by atoms with Crippen molar-refractivity contribution >= 4 is 17.2 Å². The maximum absolute atomic E-state index is 12.0. The topological polar surface area (TPSA) is 29.5 Å². The Morgan fingerprint density at radius 3 is 2.00 bits per heavy atom. The Labute approximate surface area is 124 Å². The largest absolute Gasteiger partial charge is 0.376 e. The highest BCUT2D eigenvalue weighted by molar-refractivity contribution is 5.97. The summed E-state index contributed by atoms with van der Waals surface area (Å²) in [5.41, 5.74) is 2.76. The highest BCUT2D eigenvalue weighted by atomic mass is 16.5. The average molecular weight is 279 g/mol. The van der Waals surface area contributed by atoms with Crippen LogP contribution in [0.4, 0.5) is 11.4 Å². The second kappa shape index (κ2) is 6.37. The number of hydrogen-bond donors (Lipinski definition) is 0. The summed E-state index contributed by atoms with van der Waals surface area (Å²) in [4.78, 5) is 14.0. The molecule has 0 atom stereocenters. The molecule has 1 fully saturated rings. The van der Waals surface area contributed by atoms with Crippen molar-refractivity contribution in [3.8, 4) is 0 Å². The van der Waals surface area contributed by atoms with Gasteiger partial charge in [-0.05, 0) is 24.3 Å². The fourth-order valence-electron chi connectivity index (χ4n) is 2.33. The van der Waals surface area contributed by atoms with E-state index in [1.165, 1.54) is 0 Å². The lowest BCUT2D eigenvalue weighted by atomic mass is 10.1. The smallest absolute Gasteiger partial charge is 0.164 e. The fraction of sp³-hybridized carbons (Fsp3) is 0.167. The number of para-hydroxylation sites is 2. The van der Waals surface area contributed by atoms with Crippen molar-refractivity contribution in [1.29, 1.82) is 0 Å². The van der Waals surface area contributed by atoms with Gasteiger partial charge < -0.3 is 9.64 Å². The summed E-state index contributed by atoms with van der Waals surface area (Å²) in [6.45, 7) is 0.905. The molecule has 1 heterocycles. The van der Waals surface area contributed by atoms with Gasteiger partial charge in [-0.25, -0.2) is 0 Å².